The average molecular weight is 515 g/mol. The van der Waals surface area contributed by atoms with Crippen molar-refractivity contribution in [1.82, 2.24) is 24.4 Å². The Balaban J connectivity index is 1.54. The lowest BCUT2D eigenvalue weighted by molar-refractivity contribution is -0.165. The van der Waals surface area contributed by atoms with Crippen LogP contribution in [0.5, 0.6) is 0 Å². The number of aromatic nitrogens is 4. The molecule has 2 aliphatic rings. The number of halogens is 1. The SMILES string of the molecule is CC(=O)O[C@@H]1[C@H](OC(C)=O)[C@@H](CN2C(=O)c3ccccc3C2=O)O[C@H]1n1cnc2c(N)nc(Cl)nc21. The summed E-state index contributed by atoms with van der Waals surface area (Å²) in [5.74, 6) is -2.38. The number of nitrogens with two attached hydrogens (primary N) is 1. The number of imidazole rings is 1. The molecule has 4 heterocycles. The minimum Gasteiger partial charge on any atom is -0.456 e. The molecule has 2 N–H and O–H groups in total. The van der Waals surface area contributed by atoms with Gasteiger partial charge in [-0.1, -0.05) is 12.1 Å². The number of carbonyl (C=O) groups excluding carboxylic acids is 4. The molecular weight excluding hydrogens is 496 g/mol. The molecule has 5 rings (SSSR count). The Bertz CT molecular complexity index is 1390. The fourth-order valence-electron chi connectivity index (χ4n) is 4.41. The van der Waals surface area contributed by atoms with Gasteiger partial charge in [-0.2, -0.15) is 9.97 Å². The van der Waals surface area contributed by atoms with Crippen LogP contribution in [0.15, 0.2) is 30.6 Å². The molecule has 1 fully saturated rings. The second kappa shape index (κ2) is 8.84. The molecule has 0 spiro atoms. The number of nitrogen functional groups attached to an aromatic ring is 1. The number of carbonyl (C=O) groups is 4. The first-order valence-corrected chi connectivity index (χ1v) is 11.1. The Morgan fingerprint density at radius 2 is 1.67 bits per heavy atom. The molecular formula is C22H19ClN6O7. The van der Waals surface area contributed by atoms with Gasteiger partial charge < -0.3 is 19.9 Å². The van der Waals surface area contributed by atoms with Gasteiger partial charge in [0.25, 0.3) is 11.8 Å². The molecule has 1 aromatic carbocycles. The molecule has 1 saturated heterocycles. The highest BCUT2D eigenvalue weighted by molar-refractivity contribution is 6.28. The van der Waals surface area contributed by atoms with Crippen LogP contribution in [0, 0.1) is 0 Å². The molecule has 2 aliphatic heterocycles. The Hall–Kier alpha value is -4.10. The number of fused-ring (bicyclic) bond motifs is 2. The lowest BCUT2D eigenvalue weighted by atomic mass is 10.1. The van der Waals surface area contributed by atoms with Crippen molar-refractivity contribution in [2.45, 2.75) is 38.4 Å². The molecule has 3 aromatic rings. The van der Waals surface area contributed by atoms with Gasteiger partial charge in [0.15, 0.2) is 29.9 Å². The maximum absolute atomic E-state index is 12.9. The van der Waals surface area contributed by atoms with E-state index in [-0.39, 0.29) is 39.9 Å². The summed E-state index contributed by atoms with van der Waals surface area (Å²) in [5.41, 5.74) is 6.80. The van der Waals surface area contributed by atoms with E-state index in [1.165, 1.54) is 24.7 Å². The maximum atomic E-state index is 12.9. The van der Waals surface area contributed by atoms with E-state index in [1.807, 2.05) is 0 Å². The summed E-state index contributed by atoms with van der Waals surface area (Å²) in [6, 6.07) is 6.39. The number of benzene rings is 1. The summed E-state index contributed by atoms with van der Waals surface area (Å²) in [6.07, 6.45) is -3.19. The number of ether oxygens (including phenoxy) is 3. The van der Waals surface area contributed by atoms with Crippen molar-refractivity contribution in [2.75, 3.05) is 12.3 Å². The van der Waals surface area contributed by atoms with Gasteiger partial charge >= 0.3 is 11.9 Å². The monoisotopic (exact) mass is 514 g/mol. The maximum Gasteiger partial charge on any atom is 0.303 e. The van der Waals surface area contributed by atoms with E-state index < -0.39 is 48.3 Å². The molecule has 186 valence electrons. The number of hydrogen-bond acceptors (Lipinski definition) is 11. The highest BCUT2D eigenvalue weighted by Gasteiger charge is 2.52. The first-order valence-electron chi connectivity index (χ1n) is 10.8. The summed E-state index contributed by atoms with van der Waals surface area (Å²) in [6.45, 7) is 2.09. The first-order chi connectivity index (χ1) is 17.2. The Morgan fingerprint density at radius 3 is 2.28 bits per heavy atom. The lowest BCUT2D eigenvalue weighted by Crippen LogP contribution is -2.45. The summed E-state index contributed by atoms with van der Waals surface area (Å²) < 4.78 is 18.5. The third-order valence-corrected chi connectivity index (χ3v) is 5.99. The zero-order valence-electron chi connectivity index (χ0n) is 19.0. The van der Waals surface area contributed by atoms with Gasteiger partial charge in [-0.05, 0) is 23.7 Å². The second-order valence-corrected chi connectivity index (χ2v) is 8.52. The van der Waals surface area contributed by atoms with Gasteiger partial charge in [0.05, 0.1) is 24.0 Å². The number of imide groups is 1. The van der Waals surface area contributed by atoms with E-state index >= 15 is 0 Å². The molecule has 14 heteroatoms. The van der Waals surface area contributed by atoms with Crippen LogP contribution in [0.3, 0.4) is 0 Å². The van der Waals surface area contributed by atoms with Crippen LogP contribution in [0.1, 0.15) is 40.8 Å². The summed E-state index contributed by atoms with van der Waals surface area (Å²) in [4.78, 5) is 63.1. The van der Waals surface area contributed by atoms with Crippen LogP contribution >= 0.6 is 11.6 Å². The van der Waals surface area contributed by atoms with Crippen molar-refractivity contribution in [1.29, 1.82) is 0 Å². The molecule has 0 bridgehead atoms. The Kier molecular flexibility index (Phi) is 5.80. The third-order valence-electron chi connectivity index (χ3n) is 5.83. The van der Waals surface area contributed by atoms with Crippen molar-refractivity contribution < 1.29 is 33.4 Å². The van der Waals surface area contributed by atoms with Crippen molar-refractivity contribution in [3.8, 4) is 0 Å². The van der Waals surface area contributed by atoms with Gasteiger partial charge in [-0.3, -0.25) is 28.6 Å². The molecule has 0 unspecified atom stereocenters. The van der Waals surface area contributed by atoms with Crippen LogP contribution in [0.25, 0.3) is 11.2 Å². The molecule has 0 saturated carbocycles. The zero-order valence-corrected chi connectivity index (χ0v) is 19.7. The minimum absolute atomic E-state index is 0.0184. The van der Waals surface area contributed by atoms with Crippen molar-refractivity contribution in [3.05, 3.63) is 47.0 Å². The van der Waals surface area contributed by atoms with Gasteiger partial charge in [-0.25, -0.2) is 4.98 Å². The number of rotatable bonds is 5. The van der Waals surface area contributed by atoms with Gasteiger partial charge in [-0.15, -0.1) is 0 Å². The number of amides is 2. The van der Waals surface area contributed by atoms with E-state index in [9.17, 15) is 19.2 Å². The average Bonchev–Trinajstić information content (AvgIpc) is 3.44. The smallest absolute Gasteiger partial charge is 0.303 e. The highest BCUT2D eigenvalue weighted by Crippen LogP contribution is 2.37. The fraction of sp³-hybridized carbons (Fsp3) is 0.318. The Labute approximate surface area is 208 Å². The topological polar surface area (TPSA) is 169 Å². The largest absolute Gasteiger partial charge is 0.456 e. The van der Waals surface area contributed by atoms with Gasteiger partial charge in [0.2, 0.25) is 5.28 Å². The van der Waals surface area contributed by atoms with Crippen LogP contribution in [0.4, 0.5) is 5.82 Å². The predicted octanol–water partition coefficient (Wildman–Crippen LogP) is 1.12. The van der Waals surface area contributed by atoms with Crippen LogP contribution in [-0.4, -0.2) is 73.0 Å². The molecule has 36 heavy (non-hydrogen) atoms. The molecule has 0 aliphatic carbocycles. The molecule has 2 aromatic heterocycles. The van der Waals surface area contributed by atoms with Gasteiger partial charge in [0, 0.05) is 13.8 Å². The standard InChI is InChI=1S/C22H19ClN6O7/c1-9(30)34-15-13(7-28-19(32)11-5-3-4-6-12(11)20(28)33)36-21(16(15)35-10(2)31)29-8-25-14-17(24)26-22(23)27-18(14)29/h3-6,8,13,15-16,21H,7H2,1-2H3,(H2,24,26,27)/t13-,15-,16-,21-/m1/s1. The van der Waals surface area contributed by atoms with Crippen molar-refractivity contribution >= 4 is 52.3 Å². The summed E-state index contributed by atoms with van der Waals surface area (Å²) >= 11 is 5.98. The quantitative estimate of drug-likeness (QED) is 0.294. The van der Waals surface area contributed by atoms with Crippen molar-refractivity contribution in [2.24, 2.45) is 0 Å². The lowest BCUT2D eigenvalue weighted by Gasteiger charge is -2.25. The second-order valence-electron chi connectivity index (χ2n) is 8.18. The zero-order chi connectivity index (χ0) is 25.7. The fourth-order valence-corrected chi connectivity index (χ4v) is 4.58. The van der Waals surface area contributed by atoms with Crippen LogP contribution in [0.2, 0.25) is 5.28 Å². The van der Waals surface area contributed by atoms with E-state index in [2.05, 4.69) is 15.0 Å². The predicted molar refractivity (Wildman–Crippen MR) is 122 cm³/mol. The van der Waals surface area contributed by atoms with E-state index in [4.69, 9.17) is 31.5 Å². The highest BCUT2D eigenvalue weighted by atomic mass is 35.5. The van der Waals surface area contributed by atoms with E-state index in [1.54, 1.807) is 24.3 Å². The van der Waals surface area contributed by atoms with Crippen molar-refractivity contribution in [3.63, 3.8) is 0 Å². The van der Waals surface area contributed by atoms with E-state index in [0.717, 1.165) is 4.90 Å². The normalized spacial score (nSPS) is 23.2. The summed E-state index contributed by atoms with van der Waals surface area (Å²) in [7, 11) is 0. The number of hydrogen-bond donors (Lipinski definition) is 1. The van der Waals surface area contributed by atoms with E-state index in [0.29, 0.717) is 0 Å². The summed E-state index contributed by atoms with van der Waals surface area (Å²) in [5, 5.41) is -0.150. The first kappa shape index (κ1) is 23.6. The molecule has 0 radical (unpaired) electrons. The van der Waals surface area contributed by atoms with Crippen LogP contribution in [-0.2, 0) is 23.8 Å². The van der Waals surface area contributed by atoms with Gasteiger partial charge in [0.1, 0.15) is 11.6 Å². The molecule has 2 amide bonds. The number of anilines is 1. The Morgan fingerprint density at radius 1 is 1.06 bits per heavy atom. The minimum atomic E-state index is -1.18. The van der Waals surface area contributed by atoms with Crippen LogP contribution < -0.4 is 5.73 Å². The number of esters is 2. The number of nitrogens with zero attached hydrogens (tertiary/aromatic N) is 5. The molecule has 13 nitrogen and oxygen atoms in total. The third kappa shape index (κ3) is 3.91. The molecule has 4 atom stereocenters.